The molecule has 6 nitrogen and oxygen atoms in total. The summed E-state index contributed by atoms with van der Waals surface area (Å²) in [7, 11) is 0. The Balaban J connectivity index is 1.58. The third kappa shape index (κ3) is 3.22. The van der Waals surface area contributed by atoms with E-state index in [0.717, 1.165) is 40.7 Å². The van der Waals surface area contributed by atoms with Crippen molar-refractivity contribution in [2.45, 2.75) is 26.3 Å². The quantitative estimate of drug-likeness (QED) is 0.754. The molecule has 0 atom stereocenters. The summed E-state index contributed by atoms with van der Waals surface area (Å²) in [4.78, 5) is 20.0. The van der Waals surface area contributed by atoms with Crippen LogP contribution >= 0.6 is 0 Å². The van der Waals surface area contributed by atoms with Gasteiger partial charge in [-0.15, -0.1) is 0 Å². The summed E-state index contributed by atoms with van der Waals surface area (Å²) in [5.74, 6) is 1.47. The summed E-state index contributed by atoms with van der Waals surface area (Å²) >= 11 is 0. The van der Waals surface area contributed by atoms with Crippen molar-refractivity contribution in [3.8, 4) is 0 Å². The van der Waals surface area contributed by atoms with E-state index >= 15 is 0 Å². The Morgan fingerprint density at radius 3 is 2.88 bits per heavy atom. The van der Waals surface area contributed by atoms with Gasteiger partial charge in [0, 0.05) is 30.9 Å². The van der Waals surface area contributed by atoms with Gasteiger partial charge in [-0.25, -0.2) is 9.97 Å². The molecule has 1 aliphatic carbocycles. The molecule has 0 radical (unpaired) electrons. The average molecular weight is 321 g/mol. The number of fused-ring (bicyclic) bond motifs is 1. The van der Waals surface area contributed by atoms with Gasteiger partial charge in [-0.05, 0) is 37.0 Å². The number of nitrogens with one attached hydrogen (secondary N) is 2. The fraction of sp³-hybridized carbons (Fsp3) is 0.278. The lowest BCUT2D eigenvalue weighted by Gasteiger charge is -2.09. The number of anilines is 3. The molecule has 122 valence electrons. The highest BCUT2D eigenvalue weighted by Crippen LogP contribution is 2.32. The second kappa shape index (κ2) is 5.96. The van der Waals surface area contributed by atoms with Crippen LogP contribution in [0.15, 0.2) is 42.9 Å². The lowest BCUT2D eigenvalue weighted by atomic mass is 10.2. The maximum Gasteiger partial charge on any atom is 0.221 e. The van der Waals surface area contributed by atoms with E-state index < -0.39 is 0 Å². The van der Waals surface area contributed by atoms with Gasteiger partial charge in [-0.1, -0.05) is 6.07 Å². The first kappa shape index (κ1) is 14.7. The largest absolute Gasteiger partial charge is 0.340 e. The van der Waals surface area contributed by atoms with Crippen molar-refractivity contribution in [2.24, 2.45) is 5.92 Å². The molecule has 6 heteroatoms. The van der Waals surface area contributed by atoms with E-state index in [2.05, 4.69) is 25.2 Å². The predicted molar refractivity (Wildman–Crippen MR) is 94.3 cm³/mol. The number of pyridine rings is 1. The van der Waals surface area contributed by atoms with E-state index in [0.29, 0.717) is 0 Å². The number of hydrogen-bond donors (Lipinski definition) is 2. The van der Waals surface area contributed by atoms with E-state index in [9.17, 15) is 4.79 Å². The van der Waals surface area contributed by atoms with Gasteiger partial charge in [0.05, 0.1) is 18.0 Å². The standard InChI is InChI=1S/C18H19N5O/c1-12(24)21-14-3-2-4-15(7-14)22-18-8-17-16(9-19-18)20-11-23(17)10-13-5-6-13/h2-4,7-9,11,13H,5-6,10H2,1H3,(H,19,22)(H,21,24). The maximum absolute atomic E-state index is 11.2. The summed E-state index contributed by atoms with van der Waals surface area (Å²) in [5.41, 5.74) is 3.64. The van der Waals surface area contributed by atoms with E-state index in [-0.39, 0.29) is 5.91 Å². The zero-order valence-corrected chi connectivity index (χ0v) is 13.5. The second-order valence-corrected chi connectivity index (χ2v) is 6.29. The Morgan fingerprint density at radius 1 is 1.25 bits per heavy atom. The number of benzene rings is 1. The molecule has 4 rings (SSSR count). The Kier molecular flexibility index (Phi) is 3.65. The summed E-state index contributed by atoms with van der Waals surface area (Å²) in [5, 5.41) is 6.07. The maximum atomic E-state index is 11.2. The minimum absolute atomic E-state index is 0.0873. The van der Waals surface area contributed by atoms with Crippen molar-refractivity contribution in [1.29, 1.82) is 0 Å². The second-order valence-electron chi connectivity index (χ2n) is 6.29. The van der Waals surface area contributed by atoms with Crippen LogP contribution in [-0.2, 0) is 11.3 Å². The molecule has 1 amide bonds. The van der Waals surface area contributed by atoms with Crippen molar-refractivity contribution >= 4 is 34.1 Å². The number of carbonyl (C=O) groups excluding carboxylic acids is 1. The molecule has 0 spiro atoms. The lowest BCUT2D eigenvalue weighted by Crippen LogP contribution is -2.05. The van der Waals surface area contributed by atoms with Crippen molar-refractivity contribution in [3.63, 3.8) is 0 Å². The molecule has 0 unspecified atom stereocenters. The normalized spacial score (nSPS) is 13.9. The first-order valence-corrected chi connectivity index (χ1v) is 8.13. The van der Waals surface area contributed by atoms with Crippen LogP contribution in [0, 0.1) is 5.92 Å². The predicted octanol–water partition coefficient (Wildman–Crippen LogP) is 3.54. The fourth-order valence-corrected chi connectivity index (χ4v) is 2.78. The number of nitrogens with zero attached hydrogens (tertiary/aromatic N) is 3. The molecule has 24 heavy (non-hydrogen) atoms. The van der Waals surface area contributed by atoms with Crippen molar-refractivity contribution in [2.75, 3.05) is 10.6 Å². The third-order valence-electron chi connectivity index (χ3n) is 4.11. The minimum atomic E-state index is -0.0873. The van der Waals surface area contributed by atoms with Gasteiger partial charge in [0.2, 0.25) is 5.91 Å². The number of hydrogen-bond acceptors (Lipinski definition) is 4. The third-order valence-corrected chi connectivity index (χ3v) is 4.11. The Hall–Kier alpha value is -2.89. The van der Waals surface area contributed by atoms with Crippen LogP contribution < -0.4 is 10.6 Å². The monoisotopic (exact) mass is 321 g/mol. The van der Waals surface area contributed by atoms with Crippen molar-refractivity contribution < 1.29 is 4.79 Å². The Bertz CT molecular complexity index is 897. The average Bonchev–Trinajstić information content (AvgIpc) is 3.28. The molecule has 1 fully saturated rings. The van der Waals surface area contributed by atoms with Gasteiger partial charge in [0.25, 0.3) is 0 Å². The van der Waals surface area contributed by atoms with Crippen LogP contribution in [0.25, 0.3) is 11.0 Å². The van der Waals surface area contributed by atoms with E-state index in [4.69, 9.17) is 0 Å². The van der Waals surface area contributed by atoms with Crippen molar-refractivity contribution in [3.05, 3.63) is 42.9 Å². The number of imidazole rings is 1. The van der Waals surface area contributed by atoms with Crippen LogP contribution in [0.1, 0.15) is 19.8 Å². The molecule has 1 aromatic carbocycles. The van der Waals surface area contributed by atoms with Crippen molar-refractivity contribution in [1.82, 2.24) is 14.5 Å². The molecular weight excluding hydrogens is 302 g/mol. The smallest absolute Gasteiger partial charge is 0.221 e. The summed E-state index contributed by atoms with van der Waals surface area (Å²) in [6, 6.07) is 9.60. The molecule has 1 saturated carbocycles. The van der Waals surface area contributed by atoms with E-state index in [1.54, 1.807) is 6.20 Å². The molecule has 2 aromatic heterocycles. The number of carbonyl (C=O) groups is 1. The zero-order chi connectivity index (χ0) is 16.5. The molecule has 0 bridgehead atoms. The van der Waals surface area contributed by atoms with E-state index in [1.807, 2.05) is 36.7 Å². The highest BCUT2D eigenvalue weighted by Gasteiger charge is 2.22. The first-order valence-electron chi connectivity index (χ1n) is 8.13. The molecule has 2 N–H and O–H groups in total. The van der Waals surface area contributed by atoms with Crippen LogP contribution in [0.4, 0.5) is 17.2 Å². The summed E-state index contributed by atoms with van der Waals surface area (Å²) in [6.07, 6.45) is 6.31. The van der Waals surface area contributed by atoms with Gasteiger partial charge in [0.1, 0.15) is 11.3 Å². The number of aromatic nitrogens is 3. The molecule has 0 aliphatic heterocycles. The van der Waals surface area contributed by atoms with Gasteiger partial charge < -0.3 is 15.2 Å². The molecule has 1 aliphatic rings. The zero-order valence-electron chi connectivity index (χ0n) is 13.5. The topological polar surface area (TPSA) is 71.8 Å². The highest BCUT2D eigenvalue weighted by molar-refractivity contribution is 5.89. The van der Waals surface area contributed by atoms with Crippen LogP contribution in [0.3, 0.4) is 0 Å². The van der Waals surface area contributed by atoms with Crippen LogP contribution in [-0.4, -0.2) is 20.4 Å². The Morgan fingerprint density at radius 2 is 2.08 bits per heavy atom. The van der Waals surface area contributed by atoms with Crippen LogP contribution in [0.2, 0.25) is 0 Å². The fourth-order valence-electron chi connectivity index (χ4n) is 2.78. The molecular formula is C18H19N5O. The molecule has 2 heterocycles. The molecule has 3 aromatic rings. The Labute approximate surface area is 139 Å². The van der Waals surface area contributed by atoms with Crippen LogP contribution in [0.5, 0.6) is 0 Å². The van der Waals surface area contributed by atoms with Gasteiger partial charge in [0.15, 0.2) is 0 Å². The summed E-state index contributed by atoms with van der Waals surface area (Å²) in [6.45, 7) is 2.52. The lowest BCUT2D eigenvalue weighted by molar-refractivity contribution is -0.114. The molecule has 0 saturated heterocycles. The van der Waals surface area contributed by atoms with E-state index in [1.165, 1.54) is 19.8 Å². The number of rotatable bonds is 5. The minimum Gasteiger partial charge on any atom is -0.340 e. The highest BCUT2D eigenvalue weighted by atomic mass is 16.1. The SMILES string of the molecule is CC(=O)Nc1cccc(Nc2cc3c(cn2)ncn3CC2CC2)c1. The summed E-state index contributed by atoms with van der Waals surface area (Å²) < 4.78 is 2.20. The van der Waals surface area contributed by atoms with Gasteiger partial charge in [-0.2, -0.15) is 0 Å². The number of amides is 1. The first-order chi connectivity index (χ1) is 11.7. The van der Waals surface area contributed by atoms with Gasteiger partial charge >= 0.3 is 0 Å². The van der Waals surface area contributed by atoms with Gasteiger partial charge in [-0.3, -0.25) is 4.79 Å².